The summed E-state index contributed by atoms with van der Waals surface area (Å²) in [6, 6.07) is -0.346. The van der Waals surface area contributed by atoms with Crippen molar-refractivity contribution in [2.45, 2.75) is 26.6 Å². The first kappa shape index (κ1) is 17.9. The number of carbonyl (C=O) groups excluding carboxylic acids is 1. The van der Waals surface area contributed by atoms with E-state index in [1.54, 1.807) is 11.6 Å². The number of hydrogen-bond donors (Lipinski definition) is 3. The van der Waals surface area contributed by atoms with Gasteiger partial charge in [0.05, 0.1) is 12.9 Å². The number of aromatic nitrogens is 4. The molecule has 0 aromatic carbocycles. The van der Waals surface area contributed by atoms with Crippen molar-refractivity contribution in [1.82, 2.24) is 24.8 Å². The summed E-state index contributed by atoms with van der Waals surface area (Å²) in [4.78, 5) is 33.9. The number of nitrogens with zero attached hydrogens (tertiary/aromatic N) is 3. The highest BCUT2D eigenvalue weighted by Gasteiger charge is 2.21. The van der Waals surface area contributed by atoms with Gasteiger partial charge in [0.2, 0.25) is 5.95 Å². The van der Waals surface area contributed by atoms with Gasteiger partial charge in [0.25, 0.3) is 5.56 Å². The average Bonchev–Trinajstić information content (AvgIpc) is 2.90. The van der Waals surface area contributed by atoms with Crippen LogP contribution in [0.1, 0.15) is 13.8 Å². The molecule has 0 fully saturated rings. The standard InChI is InChI=1S/C14H22N6O4/c1-8(2)9(16-3)13(22)24-5-4-23-7-20-6-17-10-11(20)18-14(15)19-12(10)21/h6,8-9,16H,4-5,7H2,1-3H3,(H3,15,18,19,21). The maximum Gasteiger partial charge on any atom is 0.323 e. The minimum atomic E-state index is -0.406. The molecule has 0 spiro atoms. The first-order valence-electron chi connectivity index (χ1n) is 7.56. The zero-order chi connectivity index (χ0) is 17.7. The Morgan fingerprint density at radius 3 is 2.88 bits per heavy atom. The number of nitrogen functional groups attached to an aromatic ring is 1. The third-order valence-corrected chi connectivity index (χ3v) is 3.43. The third kappa shape index (κ3) is 4.09. The minimum Gasteiger partial charge on any atom is -0.462 e. The van der Waals surface area contributed by atoms with E-state index in [0.29, 0.717) is 5.65 Å². The second-order valence-corrected chi connectivity index (χ2v) is 5.55. The molecule has 1 atom stereocenters. The van der Waals surface area contributed by atoms with Crippen LogP contribution in [0.5, 0.6) is 0 Å². The normalized spacial score (nSPS) is 12.7. The highest BCUT2D eigenvalue weighted by atomic mass is 16.6. The van der Waals surface area contributed by atoms with Crippen molar-refractivity contribution in [1.29, 1.82) is 0 Å². The maximum atomic E-state index is 11.8. The number of nitrogens with one attached hydrogen (secondary N) is 2. The van der Waals surface area contributed by atoms with Gasteiger partial charge in [-0.25, -0.2) is 4.98 Å². The van der Waals surface area contributed by atoms with Gasteiger partial charge in [-0.05, 0) is 13.0 Å². The number of esters is 1. The lowest BCUT2D eigenvalue weighted by molar-refractivity contribution is -0.149. The maximum absolute atomic E-state index is 11.8. The zero-order valence-electron chi connectivity index (χ0n) is 13.9. The van der Waals surface area contributed by atoms with Gasteiger partial charge in [-0.1, -0.05) is 13.8 Å². The Hall–Kier alpha value is -2.46. The number of ether oxygens (including phenoxy) is 2. The van der Waals surface area contributed by atoms with Crippen molar-refractivity contribution >= 4 is 23.1 Å². The van der Waals surface area contributed by atoms with Crippen LogP contribution in [0.25, 0.3) is 11.2 Å². The topological polar surface area (TPSA) is 137 Å². The van der Waals surface area contributed by atoms with Crippen molar-refractivity contribution in [2.75, 3.05) is 26.0 Å². The molecule has 132 valence electrons. The molecule has 2 aromatic heterocycles. The summed E-state index contributed by atoms with van der Waals surface area (Å²) in [5.41, 5.74) is 5.64. The lowest BCUT2D eigenvalue weighted by Crippen LogP contribution is -2.40. The molecule has 1 unspecified atom stereocenters. The molecular formula is C14H22N6O4. The smallest absolute Gasteiger partial charge is 0.323 e. The van der Waals surface area contributed by atoms with Crippen LogP contribution < -0.4 is 16.6 Å². The van der Waals surface area contributed by atoms with Crippen LogP contribution in [0.3, 0.4) is 0 Å². The van der Waals surface area contributed by atoms with Gasteiger partial charge < -0.3 is 20.5 Å². The van der Waals surface area contributed by atoms with Crippen LogP contribution in [0.4, 0.5) is 5.95 Å². The molecule has 0 saturated carbocycles. The number of imidazole rings is 1. The highest BCUT2D eigenvalue weighted by molar-refractivity contribution is 5.76. The van der Waals surface area contributed by atoms with Crippen LogP contribution >= 0.6 is 0 Å². The number of anilines is 1. The van der Waals surface area contributed by atoms with E-state index < -0.39 is 5.56 Å². The summed E-state index contributed by atoms with van der Waals surface area (Å²) in [5.74, 6) is -0.171. The molecule has 2 rings (SSSR count). The van der Waals surface area contributed by atoms with E-state index in [1.165, 1.54) is 6.33 Å². The van der Waals surface area contributed by atoms with E-state index in [9.17, 15) is 9.59 Å². The predicted octanol–water partition coefficient (Wildman–Crippen LogP) is -0.537. The molecule has 10 heteroatoms. The SMILES string of the molecule is CNC(C(=O)OCCOCn1cnc2c(=O)[nH]c(N)nc21)C(C)C. The van der Waals surface area contributed by atoms with Gasteiger partial charge in [-0.3, -0.25) is 19.1 Å². The van der Waals surface area contributed by atoms with E-state index in [4.69, 9.17) is 15.2 Å². The average molecular weight is 338 g/mol. The van der Waals surface area contributed by atoms with Gasteiger partial charge in [0, 0.05) is 0 Å². The monoisotopic (exact) mass is 338 g/mol. The van der Waals surface area contributed by atoms with Crippen molar-refractivity contribution in [3.63, 3.8) is 0 Å². The van der Waals surface area contributed by atoms with E-state index in [-0.39, 0.29) is 49.3 Å². The Morgan fingerprint density at radius 2 is 2.21 bits per heavy atom. The fraction of sp³-hybridized carbons (Fsp3) is 0.571. The van der Waals surface area contributed by atoms with Gasteiger partial charge >= 0.3 is 5.97 Å². The fourth-order valence-corrected chi connectivity index (χ4v) is 2.24. The van der Waals surface area contributed by atoms with Gasteiger partial charge in [-0.15, -0.1) is 0 Å². The molecule has 0 bridgehead atoms. The predicted molar refractivity (Wildman–Crippen MR) is 87.2 cm³/mol. The third-order valence-electron chi connectivity index (χ3n) is 3.43. The quantitative estimate of drug-likeness (QED) is 0.431. The second kappa shape index (κ2) is 7.88. The second-order valence-electron chi connectivity index (χ2n) is 5.55. The molecule has 4 N–H and O–H groups in total. The summed E-state index contributed by atoms with van der Waals surface area (Å²) in [5, 5.41) is 2.91. The number of fused-ring (bicyclic) bond motifs is 1. The van der Waals surface area contributed by atoms with Gasteiger partial charge in [0.1, 0.15) is 19.4 Å². The van der Waals surface area contributed by atoms with Crippen molar-refractivity contribution < 1.29 is 14.3 Å². The molecule has 24 heavy (non-hydrogen) atoms. The van der Waals surface area contributed by atoms with Crippen LogP contribution in [-0.4, -0.2) is 51.8 Å². The lowest BCUT2D eigenvalue weighted by atomic mass is 10.1. The Kier molecular flexibility index (Phi) is 5.88. The zero-order valence-corrected chi connectivity index (χ0v) is 13.9. The number of likely N-dealkylation sites (N-methyl/N-ethyl adjacent to an activating group) is 1. The Bertz CT molecular complexity index is 753. The summed E-state index contributed by atoms with van der Waals surface area (Å²) in [6.07, 6.45) is 1.44. The molecule has 0 saturated heterocycles. The number of rotatable bonds is 8. The number of H-pyrrole nitrogens is 1. The molecular weight excluding hydrogens is 316 g/mol. The lowest BCUT2D eigenvalue weighted by Gasteiger charge is -2.18. The van der Waals surface area contributed by atoms with Crippen LogP contribution in [0.15, 0.2) is 11.1 Å². The first-order chi connectivity index (χ1) is 11.4. The van der Waals surface area contributed by atoms with Crippen molar-refractivity contribution in [3.05, 3.63) is 16.7 Å². The van der Waals surface area contributed by atoms with E-state index >= 15 is 0 Å². The Balaban J connectivity index is 1.83. The van der Waals surface area contributed by atoms with Gasteiger partial charge in [0.15, 0.2) is 11.2 Å². The highest BCUT2D eigenvalue weighted by Crippen LogP contribution is 2.06. The molecule has 0 radical (unpaired) electrons. The van der Waals surface area contributed by atoms with E-state index in [1.807, 2.05) is 13.8 Å². The molecule has 0 amide bonds. The van der Waals surface area contributed by atoms with E-state index in [0.717, 1.165) is 0 Å². The Morgan fingerprint density at radius 1 is 1.46 bits per heavy atom. The van der Waals surface area contributed by atoms with E-state index in [2.05, 4.69) is 20.3 Å². The summed E-state index contributed by atoms with van der Waals surface area (Å²) < 4.78 is 12.1. The number of nitrogens with two attached hydrogens (primary N) is 1. The fourth-order valence-electron chi connectivity index (χ4n) is 2.24. The summed E-state index contributed by atoms with van der Waals surface area (Å²) >= 11 is 0. The van der Waals surface area contributed by atoms with Crippen LogP contribution in [-0.2, 0) is 21.0 Å². The molecule has 2 heterocycles. The molecule has 0 aliphatic heterocycles. The summed E-state index contributed by atoms with van der Waals surface area (Å²) in [6.45, 7) is 4.32. The summed E-state index contributed by atoms with van der Waals surface area (Å²) in [7, 11) is 1.72. The number of hydrogen-bond acceptors (Lipinski definition) is 8. The largest absolute Gasteiger partial charge is 0.462 e. The molecule has 0 aliphatic carbocycles. The minimum absolute atomic E-state index is 0.00923. The van der Waals surface area contributed by atoms with Crippen LogP contribution in [0.2, 0.25) is 0 Å². The molecule has 10 nitrogen and oxygen atoms in total. The number of aromatic amines is 1. The molecule has 2 aromatic rings. The Labute approximate surface area is 138 Å². The molecule has 0 aliphatic rings. The first-order valence-corrected chi connectivity index (χ1v) is 7.56. The van der Waals surface area contributed by atoms with Crippen molar-refractivity contribution in [3.8, 4) is 0 Å². The van der Waals surface area contributed by atoms with Gasteiger partial charge in [-0.2, -0.15) is 4.98 Å². The number of carbonyl (C=O) groups is 1. The van der Waals surface area contributed by atoms with Crippen LogP contribution in [0, 0.1) is 5.92 Å². The van der Waals surface area contributed by atoms with Crippen molar-refractivity contribution in [2.24, 2.45) is 5.92 Å².